The summed E-state index contributed by atoms with van der Waals surface area (Å²) in [5, 5.41) is 5.99. The number of nitrogens with zero attached hydrogens (tertiary/aromatic N) is 1. The van der Waals surface area contributed by atoms with Gasteiger partial charge in [0.15, 0.2) is 0 Å². The molecule has 0 atom stereocenters. The van der Waals surface area contributed by atoms with Crippen molar-refractivity contribution in [2.24, 2.45) is 0 Å². The molecule has 5 heteroatoms. The summed E-state index contributed by atoms with van der Waals surface area (Å²) in [4.78, 5) is 13.9. The fourth-order valence-corrected chi connectivity index (χ4v) is 2.03. The van der Waals surface area contributed by atoms with E-state index in [-0.39, 0.29) is 11.7 Å². The molecular formula is C13H18FN3O. The number of anilines is 1. The molecule has 4 nitrogen and oxygen atoms in total. The number of halogens is 1. The fraction of sp³-hybridized carbons (Fsp3) is 0.462. The Kier molecular flexibility index (Phi) is 4.66. The van der Waals surface area contributed by atoms with Crippen LogP contribution >= 0.6 is 0 Å². The molecule has 2 N–H and O–H groups in total. The lowest BCUT2D eigenvalue weighted by Gasteiger charge is -2.18. The van der Waals surface area contributed by atoms with Crippen LogP contribution in [0.1, 0.15) is 6.42 Å². The Morgan fingerprint density at radius 2 is 2.28 bits per heavy atom. The molecule has 0 unspecified atom stereocenters. The van der Waals surface area contributed by atoms with E-state index >= 15 is 0 Å². The molecule has 1 aliphatic rings. The number of benzene rings is 1. The molecule has 18 heavy (non-hydrogen) atoms. The van der Waals surface area contributed by atoms with Crippen LogP contribution in [0.3, 0.4) is 0 Å². The van der Waals surface area contributed by atoms with E-state index in [2.05, 4.69) is 15.5 Å². The molecule has 0 bridgehead atoms. The van der Waals surface area contributed by atoms with Crippen LogP contribution in [0.2, 0.25) is 0 Å². The first-order valence-electron chi connectivity index (χ1n) is 6.22. The minimum atomic E-state index is -0.341. The molecule has 0 spiro atoms. The molecule has 0 radical (unpaired) electrons. The van der Waals surface area contributed by atoms with Crippen molar-refractivity contribution in [3.63, 3.8) is 0 Å². The molecule has 1 amide bonds. The van der Waals surface area contributed by atoms with Crippen LogP contribution in [0.5, 0.6) is 0 Å². The molecule has 0 saturated carbocycles. The van der Waals surface area contributed by atoms with Crippen molar-refractivity contribution in [1.82, 2.24) is 10.2 Å². The van der Waals surface area contributed by atoms with Gasteiger partial charge in [-0.2, -0.15) is 0 Å². The monoisotopic (exact) mass is 251 g/mol. The summed E-state index contributed by atoms with van der Waals surface area (Å²) in [6.07, 6.45) is 1.05. The highest BCUT2D eigenvalue weighted by Crippen LogP contribution is 2.09. The van der Waals surface area contributed by atoms with Gasteiger partial charge in [0.2, 0.25) is 5.91 Å². The summed E-state index contributed by atoms with van der Waals surface area (Å²) in [6.45, 7) is 4.06. The number of carbonyl (C=O) groups is 1. The van der Waals surface area contributed by atoms with Gasteiger partial charge in [-0.25, -0.2) is 4.39 Å². The Hall–Kier alpha value is -1.46. The van der Waals surface area contributed by atoms with E-state index in [9.17, 15) is 9.18 Å². The van der Waals surface area contributed by atoms with E-state index in [1.54, 1.807) is 12.1 Å². The third kappa shape index (κ3) is 4.09. The van der Waals surface area contributed by atoms with E-state index < -0.39 is 0 Å². The van der Waals surface area contributed by atoms with Gasteiger partial charge < -0.3 is 10.6 Å². The molecule has 2 rings (SSSR count). The Balaban J connectivity index is 1.84. The topological polar surface area (TPSA) is 44.4 Å². The molecule has 1 aromatic rings. The fourth-order valence-electron chi connectivity index (χ4n) is 2.03. The van der Waals surface area contributed by atoms with Crippen molar-refractivity contribution in [3.05, 3.63) is 30.1 Å². The normalized spacial score (nSPS) is 17.2. The highest BCUT2D eigenvalue weighted by molar-refractivity contribution is 5.92. The first kappa shape index (κ1) is 13.0. The predicted molar refractivity (Wildman–Crippen MR) is 69.0 cm³/mol. The second kappa shape index (κ2) is 6.47. The van der Waals surface area contributed by atoms with Crippen molar-refractivity contribution >= 4 is 11.6 Å². The molecule has 1 saturated heterocycles. The van der Waals surface area contributed by atoms with Crippen molar-refractivity contribution < 1.29 is 9.18 Å². The smallest absolute Gasteiger partial charge is 0.238 e. The summed E-state index contributed by atoms with van der Waals surface area (Å²) < 4.78 is 13.0. The molecule has 1 fully saturated rings. The van der Waals surface area contributed by atoms with E-state index in [1.165, 1.54) is 12.1 Å². The summed E-state index contributed by atoms with van der Waals surface area (Å²) in [6, 6.07) is 5.95. The van der Waals surface area contributed by atoms with Crippen LogP contribution in [-0.2, 0) is 4.79 Å². The molecule has 1 aromatic carbocycles. The summed E-state index contributed by atoms with van der Waals surface area (Å²) >= 11 is 0. The molecular weight excluding hydrogens is 233 g/mol. The van der Waals surface area contributed by atoms with Gasteiger partial charge >= 0.3 is 0 Å². The van der Waals surface area contributed by atoms with Crippen molar-refractivity contribution in [3.8, 4) is 0 Å². The minimum absolute atomic E-state index is 0.0949. The van der Waals surface area contributed by atoms with Crippen molar-refractivity contribution in [1.29, 1.82) is 0 Å². The number of amides is 1. The quantitative estimate of drug-likeness (QED) is 0.844. The lowest BCUT2D eigenvalue weighted by molar-refractivity contribution is -0.117. The lowest BCUT2D eigenvalue weighted by Crippen LogP contribution is -2.35. The number of hydrogen-bond donors (Lipinski definition) is 2. The van der Waals surface area contributed by atoms with Crippen LogP contribution in [0.4, 0.5) is 10.1 Å². The van der Waals surface area contributed by atoms with Crippen LogP contribution < -0.4 is 10.6 Å². The zero-order valence-corrected chi connectivity index (χ0v) is 10.3. The summed E-state index contributed by atoms with van der Waals surface area (Å²) in [5.41, 5.74) is 0.507. The number of carbonyl (C=O) groups excluding carboxylic acids is 1. The van der Waals surface area contributed by atoms with E-state index in [1.807, 2.05) is 0 Å². The van der Waals surface area contributed by atoms with Gasteiger partial charge in [0, 0.05) is 18.8 Å². The maximum absolute atomic E-state index is 13.0. The van der Waals surface area contributed by atoms with Gasteiger partial charge in [0.25, 0.3) is 0 Å². The SMILES string of the molecule is O=C(CN1CCCNCC1)Nc1cccc(F)c1. The third-order valence-corrected chi connectivity index (χ3v) is 2.91. The van der Waals surface area contributed by atoms with Gasteiger partial charge in [-0.3, -0.25) is 9.69 Å². The maximum atomic E-state index is 13.0. The van der Waals surface area contributed by atoms with Crippen molar-refractivity contribution in [2.75, 3.05) is 38.0 Å². The van der Waals surface area contributed by atoms with Gasteiger partial charge in [-0.05, 0) is 37.7 Å². The first-order chi connectivity index (χ1) is 8.74. The standard InChI is InChI=1S/C13H18FN3O/c14-11-3-1-4-12(9-11)16-13(18)10-17-7-2-5-15-6-8-17/h1,3-4,9,15H,2,5-8,10H2,(H,16,18). The Labute approximate surface area is 106 Å². The Bertz CT molecular complexity index is 403. The second-order valence-corrected chi connectivity index (χ2v) is 4.44. The van der Waals surface area contributed by atoms with Crippen molar-refractivity contribution in [2.45, 2.75) is 6.42 Å². The van der Waals surface area contributed by atoms with Gasteiger partial charge in [-0.1, -0.05) is 6.07 Å². The van der Waals surface area contributed by atoms with E-state index in [4.69, 9.17) is 0 Å². The van der Waals surface area contributed by atoms with E-state index in [0.717, 1.165) is 32.6 Å². The molecule has 0 aromatic heterocycles. The first-order valence-corrected chi connectivity index (χ1v) is 6.22. The molecule has 0 aliphatic carbocycles. The number of nitrogens with one attached hydrogen (secondary N) is 2. The predicted octanol–water partition coefficient (Wildman–Crippen LogP) is 1.06. The maximum Gasteiger partial charge on any atom is 0.238 e. The van der Waals surface area contributed by atoms with Crippen LogP contribution in [-0.4, -0.2) is 43.5 Å². The molecule has 1 heterocycles. The largest absolute Gasteiger partial charge is 0.325 e. The third-order valence-electron chi connectivity index (χ3n) is 2.91. The highest BCUT2D eigenvalue weighted by Gasteiger charge is 2.12. The Morgan fingerprint density at radius 3 is 3.11 bits per heavy atom. The lowest BCUT2D eigenvalue weighted by atomic mass is 10.3. The van der Waals surface area contributed by atoms with Gasteiger partial charge in [0.05, 0.1) is 6.54 Å². The van der Waals surface area contributed by atoms with Crippen LogP contribution in [0.25, 0.3) is 0 Å². The average Bonchev–Trinajstić information content (AvgIpc) is 2.57. The van der Waals surface area contributed by atoms with Gasteiger partial charge in [0.1, 0.15) is 5.82 Å². The number of rotatable bonds is 3. The average molecular weight is 251 g/mol. The van der Waals surface area contributed by atoms with Crippen LogP contribution in [0, 0.1) is 5.82 Å². The highest BCUT2D eigenvalue weighted by atomic mass is 19.1. The zero-order chi connectivity index (χ0) is 12.8. The summed E-state index contributed by atoms with van der Waals surface area (Å²) in [7, 11) is 0. The van der Waals surface area contributed by atoms with Crippen LogP contribution in [0.15, 0.2) is 24.3 Å². The van der Waals surface area contributed by atoms with Gasteiger partial charge in [-0.15, -0.1) is 0 Å². The van der Waals surface area contributed by atoms with E-state index in [0.29, 0.717) is 12.2 Å². The number of hydrogen-bond acceptors (Lipinski definition) is 3. The zero-order valence-electron chi connectivity index (χ0n) is 10.3. The summed E-state index contributed by atoms with van der Waals surface area (Å²) in [5.74, 6) is -0.436. The molecule has 98 valence electrons. The molecule has 1 aliphatic heterocycles. The minimum Gasteiger partial charge on any atom is -0.325 e. The Morgan fingerprint density at radius 1 is 1.39 bits per heavy atom. The second-order valence-electron chi connectivity index (χ2n) is 4.44.